The van der Waals surface area contributed by atoms with Gasteiger partial charge in [-0.15, -0.1) is 0 Å². The van der Waals surface area contributed by atoms with Crippen molar-refractivity contribution in [3.8, 4) is 5.75 Å². The Bertz CT molecular complexity index is 508. The van der Waals surface area contributed by atoms with Gasteiger partial charge < -0.3 is 10.8 Å². The molecule has 94 valence electrons. The van der Waals surface area contributed by atoms with E-state index in [9.17, 15) is 5.11 Å². The minimum atomic E-state index is 0.0279. The third-order valence-corrected chi connectivity index (χ3v) is 3.06. The van der Waals surface area contributed by atoms with Gasteiger partial charge >= 0.3 is 0 Å². The van der Waals surface area contributed by atoms with Gasteiger partial charge in [0, 0.05) is 6.04 Å². The van der Waals surface area contributed by atoms with E-state index in [0.717, 1.165) is 17.5 Å². The fraction of sp³-hybridized carbons (Fsp3) is 0.250. The summed E-state index contributed by atoms with van der Waals surface area (Å²) < 4.78 is 0. The molecular formula is C16H19NO. The lowest BCUT2D eigenvalue weighted by Crippen LogP contribution is -2.25. The minimum Gasteiger partial charge on any atom is -0.508 e. The fourth-order valence-corrected chi connectivity index (χ4v) is 2.15. The van der Waals surface area contributed by atoms with E-state index in [1.54, 1.807) is 6.07 Å². The first-order chi connectivity index (χ1) is 8.65. The molecule has 0 heterocycles. The molecule has 0 aliphatic rings. The van der Waals surface area contributed by atoms with Gasteiger partial charge in [-0.1, -0.05) is 48.0 Å². The third-order valence-electron chi connectivity index (χ3n) is 3.06. The quantitative estimate of drug-likeness (QED) is 0.864. The molecule has 2 nitrogen and oxygen atoms in total. The number of rotatable bonds is 4. The number of aromatic hydroxyl groups is 1. The number of hydrogen-bond acceptors (Lipinski definition) is 2. The molecule has 1 unspecified atom stereocenters. The average molecular weight is 241 g/mol. The maximum atomic E-state index is 9.79. The number of benzene rings is 2. The second-order valence-corrected chi connectivity index (χ2v) is 4.79. The summed E-state index contributed by atoms with van der Waals surface area (Å²) in [6.45, 7) is 2.02. The van der Waals surface area contributed by atoms with Gasteiger partial charge in [-0.2, -0.15) is 0 Å². The van der Waals surface area contributed by atoms with Crippen LogP contribution in [0, 0.1) is 6.92 Å². The molecule has 0 aliphatic heterocycles. The summed E-state index contributed by atoms with van der Waals surface area (Å²) in [6, 6.07) is 15.9. The van der Waals surface area contributed by atoms with Crippen molar-refractivity contribution in [2.24, 2.45) is 5.73 Å². The van der Waals surface area contributed by atoms with Crippen LogP contribution in [0.25, 0.3) is 0 Å². The molecule has 2 aromatic carbocycles. The van der Waals surface area contributed by atoms with Crippen LogP contribution in [-0.4, -0.2) is 11.1 Å². The van der Waals surface area contributed by atoms with Gasteiger partial charge in [-0.3, -0.25) is 0 Å². The van der Waals surface area contributed by atoms with Crippen molar-refractivity contribution in [2.45, 2.75) is 25.8 Å². The standard InChI is InChI=1S/C16H19NO/c1-12-7-8-16(18)14(9-12)11-15(17)10-13-5-3-2-4-6-13/h2-9,15,18H,10-11,17H2,1H3. The number of nitrogens with two attached hydrogens (primary N) is 1. The van der Waals surface area contributed by atoms with Crippen molar-refractivity contribution in [3.05, 3.63) is 65.2 Å². The highest BCUT2D eigenvalue weighted by Crippen LogP contribution is 2.20. The monoisotopic (exact) mass is 241 g/mol. The Labute approximate surface area is 108 Å². The molecule has 0 amide bonds. The number of phenolic OH excluding ortho intramolecular Hbond substituents is 1. The fourth-order valence-electron chi connectivity index (χ4n) is 2.15. The zero-order valence-corrected chi connectivity index (χ0v) is 10.6. The van der Waals surface area contributed by atoms with Crippen LogP contribution in [0.4, 0.5) is 0 Å². The van der Waals surface area contributed by atoms with E-state index in [1.165, 1.54) is 5.56 Å². The van der Waals surface area contributed by atoms with Gasteiger partial charge in [0.25, 0.3) is 0 Å². The molecule has 2 rings (SSSR count). The maximum Gasteiger partial charge on any atom is 0.118 e. The first kappa shape index (κ1) is 12.7. The van der Waals surface area contributed by atoms with Crippen LogP contribution >= 0.6 is 0 Å². The predicted molar refractivity (Wildman–Crippen MR) is 74.7 cm³/mol. The predicted octanol–water partition coefficient (Wildman–Crippen LogP) is 2.81. The van der Waals surface area contributed by atoms with Crippen LogP contribution in [0.5, 0.6) is 5.75 Å². The molecule has 0 aromatic heterocycles. The van der Waals surface area contributed by atoms with Crippen LogP contribution in [0.3, 0.4) is 0 Å². The zero-order valence-electron chi connectivity index (χ0n) is 10.6. The van der Waals surface area contributed by atoms with Gasteiger partial charge in [0.1, 0.15) is 5.75 Å². The molecule has 0 saturated heterocycles. The third kappa shape index (κ3) is 3.34. The first-order valence-electron chi connectivity index (χ1n) is 6.23. The van der Waals surface area contributed by atoms with E-state index < -0.39 is 0 Å². The summed E-state index contributed by atoms with van der Waals surface area (Å²) in [6.07, 6.45) is 1.52. The van der Waals surface area contributed by atoms with E-state index in [4.69, 9.17) is 5.73 Å². The van der Waals surface area contributed by atoms with Gasteiger partial charge in [0.05, 0.1) is 0 Å². The van der Waals surface area contributed by atoms with Gasteiger partial charge in [0.2, 0.25) is 0 Å². The van der Waals surface area contributed by atoms with Crippen molar-refractivity contribution >= 4 is 0 Å². The van der Waals surface area contributed by atoms with Crippen molar-refractivity contribution in [1.29, 1.82) is 0 Å². The second-order valence-electron chi connectivity index (χ2n) is 4.79. The summed E-state index contributed by atoms with van der Waals surface area (Å²) >= 11 is 0. The Morgan fingerprint density at radius 3 is 2.50 bits per heavy atom. The Kier molecular flexibility index (Phi) is 4.00. The summed E-state index contributed by atoms with van der Waals surface area (Å²) in [5.41, 5.74) is 9.46. The molecule has 0 radical (unpaired) electrons. The number of phenols is 1. The molecule has 3 N–H and O–H groups in total. The molecule has 1 atom stereocenters. The van der Waals surface area contributed by atoms with Crippen LogP contribution in [0.15, 0.2) is 48.5 Å². The van der Waals surface area contributed by atoms with E-state index >= 15 is 0 Å². The molecule has 0 bridgehead atoms. The molecule has 2 heteroatoms. The molecule has 0 saturated carbocycles. The lowest BCUT2D eigenvalue weighted by atomic mass is 9.98. The maximum absolute atomic E-state index is 9.79. The van der Waals surface area contributed by atoms with E-state index in [-0.39, 0.29) is 6.04 Å². The van der Waals surface area contributed by atoms with Crippen molar-refractivity contribution in [3.63, 3.8) is 0 Å². The van der Waals surface area contributed by atoms with Crippen molar-refractivity contribution in [2.75, 3.05) is 0 Å². The average Bonchev–Trinajstić information content (AvgIpc) is 2.35. The number of aryl methyl sites for hydroxylation is 1. The van der Waals surface area contributed by atoms with Crippen LogP contribution < -0.4 is 5.73 Å². The Hall–Kier alpha value is -1.80. The lowest BCUT2D eigenvalue weighted by molar-refractivity contribution is 0.464. The normalized spacial score (nSPS) is 12.3. The molecular weight excluding hydrogens is 222 g/mol. The summed E-state index contributed by atoms with van der Waals surface area (Å²) in [5, 5.41) is 9.79. The van der Waals surface area contributed by atoms with Crippen LogP contribution in [0.1, 0.15) is 16.7 Å². The number of hydrogen-bond donors (Lipinski definition) is 2. The van der Waals surface area contributed by atoms with Crippen molar-refractivity contribution in [1.82, 2.24) is 0 Å². The molecule has 18 heavy (non-hydrogen) atoms. The van der Waals surface area contributed by atoms with E-state index in [1.807, 2.05) is 37.3 Å². The summed E-state index contributed by atoms with van der Waals surface area (Å²) in [7, 11) is 0. The topological polar surface area (TPSA) is 46.2 Å². The van der Waals surface area contributed by atoms with Gasteiger partial charge in [-0.25, -0.2) is 0 Å². The Morgan fingerprint density at radius 1 is 1.06 bits per heavy atom. The summed E-state index contributed by atoms with van der Waals surface area (Å²) in [4.78, 5) is 0. The Balaban J connectivity index is 2.03. The highest BCUT2D eigenvalue weighted by molar-refractivity contribution is 5.36. The highest BCUT2D eigenvalue weighted by atomic mass is 16.3. The first-order valence-corrected chi connectivity index (χ1v) is 6.23. The van der Waals surface area contributed by atoms with E-state index in [0.29, 0.717) is 12.2 Å². The second kappa shape index (κ2) is 5.69. The largest absolute Gasteiger partial charge is 0.508 e. The highest BCUT2D eigenvalue weighted by Gasteiger charge is 2.08. The SMILES string of the molecule is Cc1ccc(O)c(CC(N)Cc2ccccc2)c1. The molecule has 2 aromatic rings. The van der Waals surface area contributed by atoms with Crippen molar-refractivity contribution < 1.29 is 5.11 Å². The smallest absolute Gasteiger partial charge is 0.118 e. The molecule has 0 aliphatic carbocycles. The van der Waals surface area contributed by atoms with E-state index in [2.05, 4.69) is 12.1 Å². The van der Waals surface area contributed by atoms with Crippen LogP contribution in [-0.2, 0) is 12.8 Å². The minimum absolute atomic E-state index is 0.0279. The van der Waals surface area contributed by atoms with Gasteiger partial charge in [0.15, 0.2) is 0 Å². The molecule has 0 fully saturated rings. The Morgan fingerprint density at radius 2 is 1.78 bits per heavy atom. The molecule has 0 spiro atoms. The zero-order chi connectivity index (χ0) is 13.0. The van der Waals surface area contributed by atoms with Crippen LogP contribution in [0.2, 0.25) is 0 Å². The summed E-state index contributed by atoms with van der Waals surface area (Å²) in [5.74, 6) is 0.337. The lowest BCUT2D eigenvalue weighted by Gasteiger charge is -2.13. The van der Waals surface area contributed by atoms with Gasteiger partial charge in [-0.05, 0) is 37.0 Å².